The van der Waals surface area contributed by atoms with Crippen molar-refractivity contribution in [3.63, 3.8) is 0 Å². The van der Waals surface area contributed by atoms with E-state index >= 15 is 0 Å². The van der Waals surface area contributed by atoms with Crippen molar-refractivity contribution in [3.8, 4) is 0 Å². The predicted octanol–water partition coefficient (Wildman–Crippen LogP) is 2.24. The van der Waals surface area contributed by atoms with Gasteiger partial charge in [-0.2, -0.15) is 0 Å². The number of pyridine rings is 1. The van der Waals surface area contributed by atoms with Crippen molar-refractivity contribution in [2.24, 2.45) is 0 Å². The number of aromatic nitrogens is 3. The first-order chi connectivity index (χ1) is 6.31. The molecule has 0 saturated carbocycles. The highest BCUT2D eigenvalue weighted by Gasteiger charge is 2.03. The molecule has 0 amide bonds. The topological polar surface area (TPSA) is 38.7 Å². The van der Waals surface area contributed by atoms with Crippen molar-refractivity contribution >= 4 is 22.5 Å². The lowest BCUT2D eigenvalue weighted by molar-refractivity contribution is 0.959. The quantitative estimate of drug-likeness (QED) is 0.652. The van der Waals surface area contributed by atoms with E-state index in [9.17, 15) is 0 Å². The Morgan fingerprint density at radius 2 is 2.23 bits per heavy atom. The Labute approximate surface area is 80.8 Å². The first kappa shape index (κ1) is 8.38. The molecule has 2 aromatic rings. The van der Waals surface area contributed by atoms with Crippen LogP contribution < -0.4 is 0 Å². The van der Waals surface area contributed by atoms with E-state index in [-0.39, 0.29) is 0 Å². The summed E-state index contributed by atoms with van der Waals surface area (Å²) in [7, 11) is 0. The Morgan fingerprint density at radius 3 is 3.00 bits per heavy atom. The summed E-state index contributed by atoms with van der Waals surface area (Å²) in [4.78, 5) is 12.4. The zero-order chi connectivity index (χ0) is 9.26. The molecule has 0 saturated heterocycles. The minimum Gasteiger partial charge on any atom is -0.262 e. The first-order valence-corrected chi connectivity index (χ1v) is 4.45. The van der Waals surface area contributed by atoms with Crippen LogP contribution in [0.25, 0.3) is 10.9 Å². The minimum atomic E-state index is 0.504. The summed E-state index contributed by atoms with van der Waals surface area (Å²) in [6.45, 7) is 1.99. The molecule has 2 rings (SSSR count). The Kier molecular flexibility index (Phi) is 2.10. The average molecular weight is 194 g/mol. The van der Waals surface area contributed by atoms with Crippen molar-refractivity contribution in [2.45, 2.75) is 13.3 Å². The third-order valence-electron chi connectivity index (χ3n) is 1.82. The summed E-state index contributed by atoms with van der Waals surface area (Å²) in [5, 5.41) is 1.36. The molecule has 13 heavy (non-hydrogen) atoms. The van der Waals surface area contributed by atoms with Crippen LogP contribution >= 0.6 is 11.6 Å². The lowest BCUT2D eigenvalue weighted by Crippen LogP contribution is -1.94. The van der Waals surface area contributed by atoms with Gasteiger partial charge >= 0.3 is 0 Å². The van der Waals surface area contributed by atoms with Gasteiger partial charge in [0.15, 0.2) is 0 Å². The van der Waals surface area contributed by atoms with Crippen molar-refractivity contribution in [1.29, 1.82) is 0 Å². The van der Waals surface area contributed by atoms with Gasteiger partial charge in [-0.05, 0) is 6.07 Å². The van der Waals surface area contributed by atoms with Crippen LogP contribution in [0.3, 0.4) is 0 Å². The van der Waals surface area contributed by atoms with Gasteiger partial charge in [-0.25, -0.2) is 9.97 Å². The van der Waals surface area contributed by atoms with Gasteiger partial charge in [-0.15, -0.1) is 0 Å². The zero-order valence-electron chi connectivity index (χ0n) is 7.16. The third-order valence-corrected chi connectivity index (χ3v) is 2.10. The van der Waals surface area contributed by atoms with Gasteiger partial charge in [0.05, 0.1) is 11.7 Å². The maximum Gasteiger partial charge on any atom is 0.140 e. The van der Waals surface area contributed by atoms with E-state index in [2.05, 4.69) is 15.0 Å². The van der Waals surface area contributed by atoms with Crippen molar-refractivity contribution in [3.05, 3.63) is 29.4 Å². The summed E-state index contributed by atoms with van der Waals surface area (Å²) in [5.74, 6) is 0.755. The van der Waals surface area contributed by atoms with Crippen LogP contribution in [0.4, 0.5) is 0 Å². The molecule has 66 valence electrons. The number of nitrogens with zero attached hydrogens (tertiary/aromatic N) is 3. The average Bonchev–Trinajstić information content (AvgIpc) is 2.18. The molecule has 4 heteroatoms. The highest BCUT2D eigenvalue weighted by atomic mass is 35.5. The molecule has 0 aromatic carbocycles. The van der Waals surface area contributed by atoms with Crippen molar-refractivity contribution < 1.29 is 0 Å². The van der Waals surface area contributed by atoms with Crippen LogP contribution in [-0.4, -0.2) is 15.0 Å². The fraction of sp³-hybridized carbons (Fsp3) is 0.222. The fourth-order valence-electron chi connectivity index (χ4n) is 1.15. The standard InChI is InChI=1S/C9H8ClN3/c1-2-8-12-7-5-11-4-3-6(7)9(10)13-8/h3-5H,2H2,1H3. The van der Waals surface area contributed by atoms with E-state index < -0.39 is 0 Å². The van der Waals surface area contributed by atoms with E-state index in [1.807, 2.05) is 13.0 Å². The van der Waals surface area contributed by atoms with Gasteiger partial charge in [0.1, 0.15) is 11.0 Å². The normalized spacial score (nSPS) is 10.6. The van der Waals surface area contributed by atoms with Gasteiger partial charge in [0.2, 0.25) is 0 Å². The van der Waals surface area contributed by atoms with Crippen molar-refractivity contribution in [2.75, 3.05) is 0 Å². The monoisotopic (exact) mass is 193 g/mol. The zero-order valence-corrected chi connectivity index (χ0v) is 7.91. The molecule has 0 fully saturated rings. The molecule has 0 aliphatic carbocycles. The van der Waals surface area contributed by atoms with Gasteiger partial charge in [-0.3, -0.25) is 4.98 Å². The number of hydrogen-bond donors (Lipinski definition) is 0. The summed E-state index contributed by atoms with van der Waals surface area (Å²) < 4.78 is 0. The molecule has 0 unspecified atom stereocenters. The number of halogens is 1. The molecular weight excluding hydrogens is 186 g/mol. The molecule has 0 bridgehead atoms. The molecule has 3 nitrogen and oxygen atoms in total. The van der Waals surface area contributed by atoms with Crippen molar-refractivity contribution in [1.82, 2.24) is 15.0 Å². The maximum atomic E-state index is 5.96. The van der Waals surface area contributed by atoms with Crippen LogP contribution in [-0.2, 0) is 6.42 Å². The SMILES string of the molecule is CCc1nc(Cl)c2ccncc2n1. The fourth-order valence-corrected chi connectivity index (χ4v) is 1.40. The summed E-state index contributed by atoms with van der Waals surface area (Å²) in [5.41, 5.74) is 0.805. The van der Waals surface area contributed by atoms with Crippen LogP contribution in [0.15, 0.2) is 18.5 Å². The summed E-state index contributed by atoms with van der Waals surface area (Å²) >= 11 is 5.96. The lowest BCUT2D eigenvalue weighted by Gasteiger charge is -2.00. The van der Waals surface area contributed by atoms with E-state index in [4.69, 9.17) is 11.6 Å². The van der Waals surface area contributed by atoms with Crippen LogP contribution in [0.5, 0.6) is 0 Å². The van der Waals surface area contributed by atoms with Crippen LogP contribution in [0.1, 0.15) is 12.7 Å². The second kappa shape index (κ2) is 3.26. The molecule has 0 aliphatic heterocycles. The summed E-state index contributed by atoms with van der Waals surface area (Å²) in [6.07, 6.45) is 4.16. The molecule has 0 spiro atoms. The number of fused-ring (bicyclic) bond motifs is 1. The molecule has 0 radical (unpaired) electrons. The molecule has 0 N–H and O–H groups in total. The minimum absolute atomic E-state index is 0.504. The van der Waals surface area contributed by atoms with Gasteiger partial charge in [-0.1, -0.05) is 18.5 Å². The second-order valence-electron chi connectivity index (χ2n) is 2.68. The van der Waals surface area contributed by atoms with E-state index in [1.54, 1.807) is 12.4 Å². The molecule has 0 atom stereocenters. The molecule has 2 aromatic heterocycles. The molecular formula is C9H8ClN3. The van der Waals surface area contributed by atoms with Crippen LogP contribution in [0.2, 0.25) is 5.15 Å². The highest BCUT2D eigenvalue weighted by Crippen LogP contribution is 2.18. The molecule has 0 aliphatic rings. The van der Waals surface area contributed by atoms with Gasteiger partial charge in [0.25, 0.3) is 0 Å². The van der Waals surface area contributed by atoms with Crippen LogP contribution in [0, 0.1) is 0 Å². The number of hydrogen-bond acceptors (Lipinski definition) is 3. The smallest absolute Gasteiger partial charge is 0.140 e. The van der Waals surface area contributed by atoms with Gasteiger partial charge in [0, 0.05) is 18.0 Å². The van der Waals surface area contributed by atoms with E-state index in [0.717, 1.165) is 23.1 Å². The second-order valence-corrected chi connectivity index (χ2v) is 3.04. The Morgan fingerprint density at radius 1 is 1.38 bits per heavy atom. The van der Waals surface area contributed by atoms with Gasteiger partial charge < -0.3 is 0 Å². The largest absolute Gasteiger partial charge is 0.262 e. The summed E-state index contributed by atoms with van der Waals surface area (Å²) in [6, 6.07) is 1.82. The first-order valence-electron chi connectivity index (χ1n) is 4.07. The lowest BCUT2D eigenvalue weighted by atomic mass is 10.3. The highest BCUT2D eigenvalue weighted by molar-refractivity contribution is 6.34. The molecule has 2 heterocycles. The number of aryl methyl sites for hydroxylation is 1. The number of rotatable bonds is 1. The Balaban J connectivity index is 2.77. The van der Waals surface area contributed by atoms with E-state index in [1.165, 1.54) is 0 Å². The Bertz CT molecular complexity index is 442. The maximum absolute atomic E-state index is 5.96. The van der Waals surface area contributed by atoms with E-state index in [0.29, 0.717) is 5.15 Å². The Hall–Kier alpha value is -1.22. The third kappa shape index (κ3) is 1.47. The predicted molar refractivity (Wildman–Crippen MR) is 51.7 cm³/mol.